The molecule has 2 saturated heterocycles. The van der Waals surface area contributed by atoms with Gasteiger partial charge in [0.2, 0.25) is 0 Å². The Morgan fingerprint density at radius 1 is 0.964 bits per heavy atom. The van der Waals surface area contributed by atoms with Crippen LogP contribution in [0.4, 0.5) is 0 Å². The van der Waals surface area contributed by atoms with Crippen molar-refractivity contribution in [3.8, 4) is 5.75 Å². The Bertz CT molecular complexity index is 971. The minimum atomic E-state index is -0.383. The second-order valence-electron chi connectivity index (χ2n) is 7.63. The summed E-state index contributed by atoms with van der Waals surface area (Å²) in [7, 11) is 1.77. The summed E-state index contributed by atoms with van der Waals surface area (Å²) in [4.78, 5) is 0. The van der Waals surface area contributed by atoms with Crippen molar-refractivity contribution in [3.05, 3.63) is 77.9 Å². The molecule has 3 aromatic rings. The third kappa shape index (κ3) is 3.28. The summed E-state index contributed by atoms with van der Waals surface area (Å²) in [6.45, 7) is 1.18. The van der Waals surface area contributed by atoms with Gasteiger partial charge in [-0.05, 0) is 40.1 Å². The molecule has 4 heteroatoms. The number of benzene rings is 3. The fraction of sp³-hybridized carbons (Fsp3) is 0.333. The van der Waals surface area contributed by atoms with Gasteiger partial charge in [-0.1, -0.05) is 48.5 Å². The molecule has 0 spiro atoms. The molecule has 0 amide bonds. The highest BCUT2D eigenvalue weighted by Crippen LogP contribution is 2.44. The summed E-state index contributed by atoms with van der Waals surface area (Å²) in [6.07, 6.45) is 1.42. The summed E-state index contributed by atoms with van der Waals surface area (Å²) in [5.41, 5.74) is 1.89. The molecule has 0 N–H and O–H groups in total. The van der Waals surface area contributed by atoms with Crippen LogP contribution in [-0.2, 0) is 26.4 Å². The van der Waals surface area contributed by atoms with Crippen molar-refractivity contribution < 1.29 is 18.9 Å². The van der Waals surface area contributed by atoms with Crippen LogP contribution in [0.2, 0.25) is 0 Å². The molecule has 28 heavy (non-hydrogen) atoms. The molecule has 3 atom stereocenters. The SMILES string of the molecule is CO[C@@]1(c2cccc(OCc3ccc4ccccc4c3)c2)C[C@H]2CO[C@@H](C1)O2. The highest BCUT2D eigenvalue weighted by Gasteiger charge is 2.47. The van der Waals surface area contributed by atoms with Gasteiger partial charge in [-0.15, -0.1) is 0 Å². The Hall–Kier alpha value is -2.40. The minimum Gasteiger partial charge on any atom is -0.489 e. The van der Waals surface area contributed by atoms with E-state index < -0.39 is 0 Å². The predicted molar refractivity (Wildman–Crippen MR) is 107 cm³/mol. The van der Waals surface area contributed by atoms with Crippen molar-refractivity contribution in [1.29, 1.82) is 0 Å². The highest BCUT2D eigenvalue weighted by atomic mass is 16.7. The Kier molecular flexibility index (Phi) is 4.55. The molecule has 3 aromatic carbocycles. The molecule has 0 radical (unpaired) electrons. The zero-order valence-corrected chi connectivity index (χ0v) is 16.0. The van der Waals surface area contributed by atoms with Gasteiger partial charge in [-0.2, -0.15) is 0 Å². The molecule has 0 saturated carbocycles. The number of hydrogen-bond acceptors (Lipinski definition) is 4. The van der Waals surface area contributed by atoms with Crippen molar-refractivity contribution in [2.75, 3.05) is 13.7 Å². The third-order valence-corrected chi connectivity index (χ3v) is 5.84. The topological polar surface area (TPSA) is 36.9 Å². The van der Waals surface area contributed by atoms with Gasteiger partial charge >= 0.3 is 0 Å². The van der Waals surface area contributed by atoms with E-state index in [2.05, 4.69) is 54.6 Å². The van der Waals surface area contributed by atoms with Gasteiger partial charge in [-0.3, -0.25) is 0 Å². The van der Waals surface area contributed by atoms with Crippen LogP contribution in [-0.4, -0.2) is 26.1 Å². The second kappa shape index (κ2) is 7.21. The molecule has 2 heterocycles. The van der Waals surface area contributed by atoms with Crippen LogP contribution < -0.4 is 4.74 Å². The van der Waals surface area contributed by atoms with Crippen LogP contribution >= 0.6 is 0 Å². The predicted octanol–water partition coefficient (Wildman–Crippen LogP) is 4.80. The van der Waals surface area contributed by atoms with E-state index >= 15 is 0 Å². The molecule has 0 aliphatic carbocycles. The summed E-state index contributed by atoms with van der Waals surface area (Å²) < 4.78 is 23.6. The monoisotopic (exact) mass is 376 g/mol. The summed E-state index contributed by atoms with van der Waals surface area (Å²) in [5.74, 6) is 0.849. The van der Waals surface area contributed by atoms with Gasteiger partial charge in [0.25, 0.3) is 0 Å². The van der Waals surface area contributed by atoms with Crippen LogP contribution in [0.5, 0.6) is 5.75 Å². The van der Waals surface area contributed by atoms with E-state index in [0.717, 1.165) is 23.3 Å². The molecule has 5 rings (SSSR count). The normalized spacial score (nSPS) is 26.5. The minimum absolute atomic E-state index is 0.0980. The quantitative estimate of drug-likeness (QED) is 0.641. The van der Waals surface area contributed by atoms with Crippen molar-refractivity contribution >= 4 is 10.8 Å². The molecule has 2 aliphatic rings. The highest BCUT2D eigenvalue weighted by molar-refractivity contribution is 5.82. The Balaban J connectivity index is 1.35. The standard InChI is InChI=1S/C24H24O4/c1-25-24(13-22-16-27-23(14-24)28-22)20-7-4-8-21(12-20)26-15-17-9-10-18-5-2-3-6-19(18)11-17/h2-12,22-23H,13-16H2,1H3/t22-,23+,24-/m0/s1. The summed E-state index contributed by atoms with van der Waals surface area (Å²) in [5, 5.41) is 2.47. The van der Waals surface area contributed by atoms with E-state index in [-0.39, 0.29) is 18.0 Å². The molecule has 144 valence electrons. The van der Waals surface area contributed by atoms with Crippen LogP contribution in [0.3, 0.4) is 0 Å². The van der Waals surface area contributed by atoms with E-state index in [0.29, 0.717) is 19.6 Å². The van der Waals surface area contributed by atoms with E-state index in [1.807, 2.05) is 12.1 Å². The molecular weight excluding hydrogens is 352 g/mol. The first kappa shape index (κ1) is 17.7. The Labute approximate surface area is 165 Å². The maximum absolute atomic E-state index is 6.11. The first-order valence-corrected chi connectivity index (χ1v) is 9.77. The van der Waals surface area contributed by atoms with Crippen LogP contribution in [0, 0.1) is 0 Å². The number of ether oxygens (including phenoxy) is 4. The van der Waals surface area contributed by atoms with Gasteiger partial charge in [0.15, 0.2) is 6.29 Å². The van der Waals surface area contributed by atoms with Crippen LogP contribution in [0.15, 0.2) is 66.7 Å². The zero-order chi connectivity index (χ0) is 19.0. The molecule has 0 unspecified atom stereocenters. The van der Waals surface area contributed by atoms with Gasteiger partial charge in [-0.25, -0.2) is 0 Å². The van der Waals surface area contributed by atoms with Gasteiger partial charge < -0.3 is 18.9 Å². The van der Waals surface area contributed by atoms with Crippen molar-refractivity contribution in [3.63, 3.8) is 0 Å². The molecule has 2 aliphatic heterocycles. The number of rotatable bonds is 5. The number of fused-ring (bicyclic) bond motifs is 3. The Morgan fingerprint density at radius 2 is 1.86 bits per heavy atom. The van der Waals surface area contributed by atoms with E-state index in [1.54, 1.807) is 7.11 Å². The van der Waals surface area contributed by atoms with E-state index in [9.17, 15) is 0 Å². The van der Waals surface area contributed by atoms with Gasteiger partial charge in [0, 0.05) is 20.0 Å². The summed E-state index contributed by atoms with van der Waals surface area (Å²) >= 11 is 0. The fourth-order valence-electron chi connectivity index (χ4n) is 4.33. The number of hydrogen-bond donors (Lipinski definition) is 0. The van der Waals surface area contributed by atoms with Gasteiger partial charge in [0.1, 0.15) is 18.0 Å². The fourth-order valence-corrected chi connectivity index (χ4v) is 4.33. The first-order valence-electron chi connectivity index (χ1n) is 9.77. The largest absolute Gasteiger partial charge is 0.489 e. The lowest BCUT2D eigenvalue weighted by molar-refractivity contribution is -0.171. The van der Waals surface area contributed by atoms with Crippen LogP contribution in [0.25, 0.3) is 10.8 Å². The molecule has 0 aromatic heterocycles. The molecule has 4 nitrogen and oxygen atoms in total. The lowest BCUT2D eigenvalue weighted by Crippen LogP contribution is -2.40. The Morgan fingerprint density at radius 3 is 2.71 bits per heavy atom. The van der Waals surface area contributed by atoms with Crippen LogP contribution in [0.1, 0.15) is 24.0 Å². The van der Waals surface area contributed by atoms with E-state index in [4.69, 9.17) is 18.9 Å². The summed E-state index contributed by atoms with van der Waals surface area (Å²) in [6, 6.07) is 23.0. The lowest BCUT2D eigenvalue weighted by Gasteiger charge is -2.38. The smallest absolute Gasteiger partial charge is 0.161 e. The third-order valence-electron chi connectivity index (χ3n) is 5.84. The molecular formula is C24H24O4. The lowest BCUT2D eigenvalue weighted by atomic mass is 9.83. The van der Waals surface area contributed by atoms with Crippen molar-refractivity contribution in [1.82, 2.24) is 0 Å². The average Bonchev–Trinajstić information content (AvgIpc) is 3.10. The first-order chi connectivity index (χ1) is 13.7. The van der Waals surface area contributed by atoms with E-state index in [1.165, 1.54) is 10.8 Å². The molecule has 2 fully saturated rings. The maximum atomic E-state index is 6.11. The van der Waals surface area contributed by atoms with Gasteiger partial charge in [0.05, 0.1) is 12.7 Å². The maximum Gasteiger partial charge on any atom is 0.161 e. The average molecular weight is 376 g/mol. The van der Waals surface area contributed by atoms with Crippen molar-refractivity contribution in [2.45, 2.75) is 37.4 Å². The zero-order valence-electron chi connectivity index (χ0n) is 16.0. The second-order valence-corrected chi connectivity index (χ2v) is 7.63. The number of methoxy groups -OCH3 is 1. The molecule has 2 bridgehead atoms. The van der Waals surface area contributed by atoms with Crippen molar-refractivity contribution in [2.24, 2.45) is 0 Å².